The number of aryl methyl sites for hydroxylation is 1. The average molecular weight is 284 g/mol. The van der Waals surface area contributed by atoms with Crippen molar-refractivity contribution in [1.82, 2.24) is 10.3 Å². The molecule has 110 valence electrons. The fourth-order valence-corrected chi connectivity index (χ4v) is 3.91. The molecule has 1 aromatic carbocycles. The molecule has 4 nitrogen and oxygen atoms in total. The molecule has 2 bridgehead atoms. The molecule has 2 aliphatic rings. The maximum atomic E-state index is 12.8. The highest BCUT2D eigenvalue weighted by Crippen LogP contribution is 2.32. The van der Waals surface area contributed by atoms with E-state index in [-0.39, 0.29) is 11.7 Å². The second-order valence-electron chi connectivity index (χ2n) is 6.44. The average Bonchev–Trinajstić information content (AvgIpc) is 2.85. The van der Waals surface area contributed by atoms with E-state index in [2.05, 4.69) is 10.3 Å². The van der Waals surface area contributed by atoms with Crippen LogP contribution in [0.5, 0.6) is 0 Å². The lowest BCUT2D eigenvalue weighted by Crippen LogP contribution is -2.50. The van der Waals surface area contributed by atoms with Crippen LogP contribution in [0, 0.1) is 12.8 Å². The van der Waals surface area contributed by atoms with E-state index in [4.69, 9.17) is 4.42 Å². The Balaban J connectivity index is 1.60. The first-order chi connectivity index (χ1) is 10.2. The summed E-state index contributed by atoms with van der Waals surface area (Å²) < 4.78 is 5.54. The van der Waals surface area contributed by atoms with Gasteiger partial charge in [-0.25, -0.2) is 4.98 Å². The van der Waals surface area contributed by atoms with E-state index < -0.39 is 0 Å². The number of fused-ring (bicyclic) bond motifs is 3. The highest BCUT2D eigenvalue weighted by Gasteiger charge is 2.34. The number of oxazole rings is 1. The van der Waals surface area contributed by atoms with Gasteiger partial charge in [0.1, 0.15) is 5.52 Å². The van der Waals surface area contributed by atoms with Crippen molar-refractivity contribution < 1.29 is 9.21 Å². The molecule has 0 amide bonds. The van der Waals surface area contributed by atoms with Crippen molar-refractivity contribution in [2.45, 2.75) is 51.1 Å². The molecular weight excluding hydrogens is 264 g/mol. The molecule has 1 N–H and O–H groups in total. The molecule has 2 aliphatic heterocycles. The van der Waals surface area contributed by atoms with Gasteiger partial charge in [-0.2, -0.15) is 0 Å². The normalized spacial score (nSPS) is 28.7. The molecular formula is C17H20N2O2. The Labute approximate surface area is 123 Å². The fraction of sp³-hybridized carbons (Fsp3) is 0.529. The molecule has 1 aromatic heterocycles. The zero-order chi connectivity index (χ0) is 14.4. The lowest BCUT2D eigenvalue weighted by molar-refractivity contribution is 0.0825. The van der Waals surface area contributed by atoms with E-state index in [1.807, 2.05) is 25.1 Å². The maximum absolute atomic E-state index is 12.8. The smallest absolute Gasteiger partial charge is 0.192 e. The standard InChI is InChI=1S/C17H20N2O2/c1-10-18-15-6-5-11(9-16(15)21-10)17(20)12-7-13-3-2-4-14(8-12)19-13/h5-6,9,12-14,19H,2-4,7-8H2,1H3. The van der Waals surface area contributed by atoms with E-state index in [0.717, 1.165) is 23.9 Å². The van der Waals surface area contributed by atoms with Crippen LogP contribution in [0.2, 0.25) is 0 Å². The minimum Gasteiger partial charge on any atom is -0.441 e. The SMILES string of the molecule is Cc1nc2ccc(C(=O)C3CC4CCCC(C3)N4)cc2o1. The molecule has 2 fully saturated rings. The molecule has 0 aliphatic carbocycles. The van der Waals surface area contributed by atoms with Crippen LogP contribution in [0.25, 0.3) is 11.1 Å². The minimum absolute atomic E-state index is 0.156. The molecule has 4 heteroatoms. The number of benzene rings is 1. The van der Waals surface area contributed by atoms with Crippen LogP contribution in [0.4, 0.5) is 0 Å². The molecule has 4 rings (SSSR count). The number of carbonyl (C=O) groups is 1. The number of nitrogens with zero attached hydrogens (tertiary/aromatic N) is 1. The van der Waals surface area contributed by atoms with Gasteiger partial charge in [-0.1, -0.05) is 6.42 Å². The summed E-state index contributed by atoms with van der Waals surface area (Å²) in [5.41, 5.74) is 2.31. The Morgan fingerprint density at radius 2 is 2.05 bits per heavy atom. The van der Waals surface area contributed by atoms with Gasteiger partial charge >= 0.3 is 0 Å². The second-order valence-corrected chi connectivity index (χ2v) is 6.44. The molecule has 0 spiro atoms. The highest BCUT2D eigenvalue weighted by atomic mass is 16.3. The zero-order valence-corrected chi connectivity index (χ0v) is 12.3. The van der Waals surface area contributed by atoms with Gasteiger partial charge in [0, 0.05) is 30.5 Å². The van der Waals surface area contributed by atoms with Crippen molar-refractivity contribution in [2.75, 3.05) is 0 Å². The number of nitrogens with one attached hydrogen (secondary N) is 1. The number of aromatic nitrogens is 1. The van der Waals surface area contributed by atoms with E-state index in [1.165, 1.54) is 19.3 Å². The van der Waals surface area contributed by atoms with Crippen molar-refractivity contribution >= 4 is 16.9 Å². The van der Waals surface area contributed by atoms with Crippen molar-refractivity contribution in [2.24, 2.45) is 5.92 Å². The molecule has 0 saturated carbocycles. The Hall–Kier alpha value is -1.68. The summed E-state index contributed by atoms with van der Waals surface area (Å²) >= 11 is 0. The third-order valence-corrected chi connectivity index (χ3v) is 4.87. The Bertz CT molecular complexity index is 679. The van der Waals surface area contributed by atoms with Gasteiger partial charge in [-0.3, -0.25) is 4.79 Å². The van der Waals surface area contributed by atoms with E-state index >= 15 is 0 Å². The van der Waals surface area contributed by atoms with E-state index in [0.29, 0.717) is 23.6 Å². The molecule has 2 aromatic rings. The van der Waals surface area contributed by atoms with Crippen LogP contribution in [0.3, 0.4) is 0 Å². The predicted molar refractivity (Wildman–Crippen MR) is 80.4 cm³/mol. The summed E-state index contributed by atoms with van der Waals surface area (Å²) in [5, 5.41) is 3.64. The van der Waals surface area contributed by atoms with Crippen LogP contribution >= 0.6 is 0 Å². The lowest BCUT2D eigenvalue weighted by atomic mass is 9.77. The Morgan fingerprint density at radius 3 is 2.81 bits per heavy atom. The number of ketones is 1. The summed E-state index contributed by atoms with van der Waals surface area (Å²) in [6, 6.07) is 6.70. The Morgan fingerprint density at radius 1 is 1.29 bits per heavy atom. The van der Waals surface area contributed by atoms with E-state index in [1.54, 1.807) is 0 Å². The molecule has 2 saturated heterocycles. The number of carbonyl (C=O) groups excluding carboxylic acids is 1. The quantitative estimate of drug-likeness (QED) is 0.860. The van der Waals surface area contributed by atoms with Gasteiger partial charge in [0.15, 0.2) is 17.3 Å². The third-order valence-electron chi connectivity index (χ3n) is 4.87. The lowest BCUT2D eigenvalue weighted by Gasteiger charge is -2.39. The third kappa shape index (κ3) is 2.38. The van der Waals surface area contributed by atoms with Gasteiger partial charge in [0.05, 0.1) is 0 Å². The van der Waals surface area contributed by atoms with E-state index in [9.17, 15) is 4.79 Å². The number of piperidine rings is 2. The fourth-order valence-electron chi connectivity index (χ4n) is 3.91. The van der Waals surface area contributed by atoms with Crippen molar-refractivity contribution in [1.29, 1.82) is 0 Å². The van der Waals surface area contributed by atoms with Gasteiger partial charge in [-0.15, -0.1) is 0 Å². The number of hydrogen-bond acceptors (Lipinski definition) is 4. The van der Waals surface area contributed by atoms with Crippen LogP contribution < -0.4 is 5.32 Å². The van der Waals surface area contributed by atoms with Crippen molar-refractivity contribution in [3.8, 4) is 0 Å². The molecule has 0 radical (unpaired) electrons. The second kappa shape index (κ2) is 4.95. The first kappa shape index (κ1) is 13.0. The first-order valence-corrected chi connectivity index (χ1v) is 7.86. The predicted octanol–water partition coefficient (Wildman–Crippen LogP) is 3.24. The molecule has 3 heterocycles. The van der Waals surface area contributed by atoms with Gasteiger partial charge < -0.3 is 9.73 Å². The molecule has 21 heavy (non-hydrogen) atoms. The summed E-state index contributed by atoms with van der Waals surface area (Å²) in [4.78, 5) is 17.1. The van der Waals surface area contributed by atoms with Crippen LogP contribution in [0.1, 0.15) is 48.4 Å². The highest BCUT2D eigenvalue weighted by molar-refractivity contribution is 6.00. The zero-order valence-electron chi connectivity index (χ0n) is 12.3. The van der Waals surface area contributed by atoms with Crippen LogP contribution in [-0.4, -0.2) is 22.9 Å². The maximum Gasteiger partial charge on any atom is 0.192 e. The summed E-state index contributed by atoms with van der Waals surface area (Å²) in [6.45, 7) is 1.83. The largest absolute Gasteiger partial charge is 0.441 e. The van der Waals surface area contributed by atoms with Gasteiger partial charge in [-0.05, 0) is 43.9 Å². The monoisotopic (exact) mass is 284 g/mol. The number of hydrogen-bond donors (Lipinski definition) is 1. The van der Waals surface area contributed by atoms with Crippen molar-refractivity contribution in [3.63, 3.8) is 0 Å². The summed E-state index contributed by atoms with van der Waals surface area (Å²) in [5.74, 6) is 1.07. The van der Waals surface area contributed by atoms with Gasteiger partial charge in [0.25, 0.3) is 0 Å². The minimum atomic E-state index is 0.156. The molecule has 2 unspecified atom stereocenters. The Kier molecular flexibility index (Phi) is 3.07. The molecule has 2 atom stereocenters. The van der Waals surface area contributed by atoms with Gasteiger partial charge in [0.2, 0.25) is 0 Å². The number of Topliss-reactive ketones (excluding diaryl/α,β-unsaturated/α-hetero) is 1. The van der Waals surface area contributed by atoms with Crippen LogP contribution in [0.15, 0.2) is 22.6 Å². The topological polar surface area (TPSA) is 55.1 Å². The van der Waals surface area contributed by atoms with Crippen molar-refractivity contribution in [3.05, 3.63) is 29.7 Å². The number of rotatable bonds is 2. The van der Waals surface area contributed by atoms with Crippen LogP contribution in [-0.2, 0) is 0 Å². The summed E-state index contributed by atoms with van der Waals surface area (Å²) in [6.07, 6.45) is 5.67. The summed E-state index contributed by atoms with van der Waals surface area (Å²) in [7, 11) is 0. The first-order valence-electron chi connectivity index (χ1n) is 7.86.